The van der Waals surface area contributed by atoms with Gasteiger partial charge in [-0.25, -0.2) is 0 Å². The summed E-state index contributed by atoms with van der Waals surface area (Å²) in [6.45, 7) is 2.58. The minimum absolute atomic E-state index is 0.0154. The first kappa shape index (κ1) is 18.4. The highest BCUT2D eigenvalue weighted by molar-refractivity contribution is 6.10. The zero-order valence-electron chi connectivity index (χ0n) is 15.8. The maximum Gasteiger partial charge on any atom is 0.325 e. The number of allylic oxidation sites excluding steroid dienone is 5. The molecule has 1 aliphatic carbocycles. The van der Waals surface area contributed by atoms with Gasteiger partial charge in [-0.3, -0.25) is 4.98 Å². The van der Waals surface area contributed by atoms with Gasteiger partial charge in [-0.05, 0) is 36.8 Å². The van der Waals surface area contributed by atoms with E-state index in [0.717, 1.165) is 11.3 Å². The molecule has 0 spiro atoms. The Morgan fingerprint density at radius 1 is 1.14 bits per heavy atom. The van der Waals surface area contributed by atoms with E-state index in [9.17, 15) is 5.11 Å². The molecular formula is C22H19N5O2. The van der Waals surface area contributed by atoms with Gasteiger partial charge < -0.3 is 20.6 Å². The van der Waals surface area contributed by atoms with E-state index >= 15 is 0 Å². The summed E-state index contributed by atoms with van der Waals surface area (Å²) >= 11 is 0. The molecular weight excluding hydrogens is 366 g/mol. The molecule has 2 heterocycles. The Hall–Kier alpha value is -4.00. The highest BCUT2D eigenvalue weighted by Crippen LogP contribution is 2.25. The molecule has 7 nitrogen and oxygen atoms in total. The van der Waals surface area contributed by atoms with Crippen molar-refractivity contribution in [2.24, 2.45) is 0 Å². The van der Waals surface area contributed by atoms with Gasteiger partial charge in [0, 0.05) is 24.0 Å². The SMILES string of the molecule is C/C(NCc1ccccc1)=C1\C=C(Oc2nc(O)c3ccncc3n2)C=CC1=N. The lowest BCUT2D eigenvalue weighted by Gasteiger charge is -2.15. The van der Waals surface area contributed by atoms with Crippen molar-refractivity contribution in [3.63, 3.8) is 0 Å². The van der Waals surface area contributed by atoms with Gasteiger partial charge in [0.15, 0.2) is 0 Å². The topological polar surface area (TPSA) is 104 Å². The van der Waals surface area contributed by atoms with Crippen molar-refractivity contribution in [1.29, 1.82) is 5.41 Å². The van der Waals surface area contributed by atoms with Crippen LogP contribution in [0.4, 0.5) is 0 Å². The van der Waals surface area contributed by atoms with Crippen molar-refractivity contribution in [2.75, 3.05) is 0 Å². The molecule has 144 valence electrons. The van der Waals surface area contributed by atoms with Crippen LogP contribution in [-0.2, 0) is 6.54 Å². The van der Waals surface area contributed by atoms with Crippen molar-refractivity contribution in [3.05, 3.63) is 89.6 Å². The number of aromatic hydroxyl groups is 1. The second-order valence-electron chi connectivity index (χ2n) is 6.50. The van der Waals surface area contributed by atoms with Crippen LogP contribution in [0.15, 0.2) is 84.0 Å². The Morgan fingerprint density at radius 3 is 2.79 bits per heavy atom. The second kappa shape index (κ2) is 7.93. The number of fused-ring (bicyclic) bond motifs is 1. The quantitative estimate of drug-likeness (QED) is 0.619. The fourth-order valence-corrected chi connectivity index (χ4v) is 2.92. The molecule has 0 atom stereocenters. The van der Waals surface area contributed by atoms with Crippen molar-refractivity contribution in [3.8, 4) is 11.9 Å². The lowest BCUT2D eigenvalue weighted by molar-refractivity contribution is 0.389. The summed E-state index contributed by atoms with van der Waals surface area (Å²) in [5, 5.41) is 22.1. The number of benzene rings is 1. The Morgan fingerprint density at radius 2 is 1.97 bits per heavy atom. The van der Waals surface area contributed by atoms with Crippen molar-refractivity contribution in [1.82, 2.24) is 20.3 Å². The third kappa shape index (κ3) is 4.14. The first-order valence-electron chi connectivity index (χ1n) is 9.06. The number of aromatic nitrogens is 3. The molecule has 3 aromatic rings. The number of hydrogen-bond donors (Lipinski definition) is 3. The summed E-state index contributed by atoms with van der Waals surface area (Å²) in [4.78, 5) is 12.3. The van der Waals surface area contributed by atoms with Gasteiger partial charge in [0.2, 0.25) is 5.88 Å². The molecule has 2 aromatic heterocycles. The third-order valence-corrected chi connectivity index (χ3v) is 4.46. The van der Waals surface area contributed by atoms with E-state index in [1.807, 2.05) is 37.3 Å². The van der Waals surface area contributed by atoms with Crippen molar-refractivity contribution in [2.45, 2.75) is 13.5 Å². The Balaban J connectivity index is 1.56. The van der Waals surface area contributed by atoms with Crippen LogP contribution in [0.25, 0.3) is 10.9 Å². The van der Waals surface area contributed by atoms with Gasteiger partial charge in [0.1, 0.15) is 5.76 Å². The number of ether oxygens (including phenoxy) is 1. The van der Waals surface area contributed by atoms with Crippen LogP contribution in [0.5, 0.6) is 11.9 Å². The van der Waals surface area contributed by atoms with Crippen LogP contribution in [0.1, 0.15) is 12.5 Å². The Bertz CT molecular complexity index is 1170. The summed E-state index contributed by atoms with van der Waals surface area (Å²) in [7, 11) is 0. The van der Waals surface area contributed by atoms with E-state index < -0.39 is 0 Å². The minimum Gasteiger partial charge on any atom is -0.493 e. The number of nitrogens with one attached hydrogen (secondary N) is 2. The van der Waals surface area contributed by atoms with Gasteiger partial charge in [-0.2, -0.15) is 9.97 Å². The van der Waals surface area contributed by atoms with E-state index in [4.69, 9.17) is 10.1 Å². The molecule has 0 amide bonds. The predicted octanol–water partition coefficient (Wildman–Crippen LogP) is 3.65. The lowest BCUT2D eigenvalue weighted by atomic mass is 10.0. The molecule has 0 saturated carbocycles. The van der Waals surface area contributed by atoms with Gasteiger partial charge in [-0.15, -0.1) is 0 Å². The maximum atomic E-state index is 10.1. The van der Waals surface area contributed by atoms with Gasteiger partial charge >= 0.3 is 6.01 Å². The fourth-order valence-electron chi connectivity index (χ4n) is 2.92. The lowest BCUT2D eigenvalue weighted by Crippen LogP contribution is -2.16. The van der Waals surface area contributed by atoms with E-state index in [1.165, 1.54) is 6.20 Å². The molecule has 1 aliphatic rings. The Kier molecular flexibility index (Phi) is 5.03. The summed E-state index contributed by atoms with van der Waals surface area (Å²) in [6.07, 6.45) is 8.17. The first-order chi connectivity index (χ1) is 14.1. The number of pyridine rings is 1. The number of nitrogens with zero attached hydrogens (tertiary/aromatic N) is 3. The standard InChI is InChI=1S/C22H19N5O2/c1-14(25-12-15-5-3-2-4-6-15)18-11-16(7-8-19(18)23)29-22-26-20-13-24-10-9-17(20)21(28)27-22/h2-11,13,23,25H,12H2,1H3,(H,26,27,28)/b18-14-,23-19?. The summed E-state index contributed by atoms with van der Waals surface area (Å²) in [5.41, 5.74) is 3.59. The van der Waals surface area contributed by atoms with Crippen LogP contribution in [-0.4, -0.2) is 25.8 Å². The zero-order valence-corrected chi connectivity index (χ0v) is 15.8. The average Bonchev–Trinajstić information content (AvgIpc) is 2.74. The minimum atomic E-state index is -0.169. The predicted molar refractivity (Wildman–Crippen MR) is 111 cm³/mol. The fraction of sp³-hybridized carbons (Fsp3) is 0.0909. The monoisotopic (exact) mass is 385 g/mol. The van der Waals surface area contributed by atoms with Crippen LogP contribution >= 0.6 is 0 Å². The molecule has 4 rings (SSSR count). The van der Waals surface area contributed by atoms with Crippen LogP contribution < -0.4 is 10.1 Å². The molecule has 0 radical (unpaired) electrons. The normalized spacial score (nSPS) is 15.2. The molecule has 3 N–H and O–H groups in total. The van der Waals surface area contributed by atoms with Crippen LogP contribution in [0.3, 0.4) is 0 Å². The molecule has 29 heavy (non-hydrogen) atoms. The van der Waals surface area contributed by atoms with E-state index in [1.54, 1.807) is 30.5 Å². The highest BCUT2D eigenvalue weighted by Gasteiger charge is 2.14. The Labute approximate surface area is 167 Å². The highest BCUT2D eigenvalue weighted by atomic mass is 16.5. The summed E-state index contributed by atoms with van der Waals surface area (Å²) in [5.74, 6) is 0.302. The van der Waals surface area contributed by atoms with E-state index in [-0.39, 0.29) is 11.9 Å². The smallest absolute Gasteiger partial charge is 0.325 e. The number of hydrogen-bond acceptors (Lipinski definition) is 7. The molecule has 1 aromatic carbocycles. The van der Waals surface area contributed by atoms with Gasteiger partial charge in [0.25, 0.3) is 0 Å². The third-order valence-electron chi connectivity index (χ3n) is 4.46. The maximum absolute atomic E-state index is 10.1. The largest absolute Gasteiger partial charge is 0.493 e. The van der Waals surface area contributed by atoms with Gasteiger partial charge in [0.05, 0.1) is 22.8 Å². The number of rotatable bonds is 5. The molecule has 0 unspecified atom stereocenters. The summed E-state index contributed by atoms with van der Waals surface area (Å²) in [6, 6.07) is 11.7. The first-order valence-corrected chi connectivity index (χ1v) is 9.06. The average molecular weight is 385 g/mol. The van der Waals surface area contributed by atoms with Gasteiger partial charge in [-0.1, -0.05) is 30.3 Å². The zero-order chi connectivity index (χ0) is 20.2. The molecule has 0 fully saturated rings. The van der Waals surface area contributed by atoms with Crippen LogP contribution in [0, 0.1) is 5.41 Å². The molecule has 0 bridgehead atoms. The van der Waals surface area contributed by atoms with E-state index in [0.29, 0.717) is 34.5 Å². The van der Waals surface area contributed by atoms with Crippen molar-refractivity contribution >= 4 is 16.6 Å². The van der Waals surface area contributed by atoms with Crippen LogP contribution in [0.2, 0.25) is 0 Å². The summed E-state index contributed by atoms with van der Waals surface area (Å²) < 4.78 is 5.74. The second-order valence-corrected chi connectivity index (χ2v) is 6.50. The van der Waals surface area contributed by atoms with Crippen molar-refractivity contribution < 1.29 is 9.84 Å². The van der Waals surface area contributed by atoms with E-state index in [2.05, 4.69) is 20.3 Å². The molecule has 0 aliphatic heterocycles. The molecule has 7 heteroatoms. The molecule has 0 saturated heterocycles.